The van der Waals surface area contributed by atoms with Crippen LogP contribution in [0.4, 0.5) is 0 Å². The van der Waals surface area contributed by atoms with Crippen molar-refractivity contribution >= 4 is 35.0 Å². The SMILES string of the molecule is Cn1c(CO)cnc1SCc1ccc(Cl)cc1Cl. The second-order valence-corrected chi connectivity index (χ2v) is 5.56. The van der Waals surface area contributed by atoms with Crippen LogP contribution < -0.4 is 0 Å². The van der Waals surface area contributed by atoms with Crippen molar-refractivity contribution < 1.29 is 5.11 Å². The van der Waals surface area contributed by atoms with E-state index >= 15 is 0 Å². The normalized spacial score (nSPS) is 10.9. The van der Waals surface area contributed by atoms with E-state index in [4.69, 9.17) is 28.3 Å². The number of aliphatic hydroxyl groups excluding tert-OH is 1. The number of rotatable bonds is 4. The van der Waals surface area contributed by atoms with Crippen molar-refractivity contribution in [1.82, 2.24) is 9.55 Å². The van der Waals surface area contributed by atoms with Crippen molar-refractivity contribution in [3.05, 3.63) is 45.7 Å². The molecule has 2 aromatic rings. The standard InChI is InChI=1S/C12H12Cl2N2OS/c1-16-10(6-17)5-15-12(16)18-7-8-2-3-9(13)4-11(8)14/h2-5,17H,6-7H2,1H3. The molecule has 0 saturated heterocycles. The first-order valence-electron chi connectivity index (χ1n) is 5.30. The number of aromatic nitrogens is 2. The topological polar surface area (TPSA) is 38.0 Å². The largest absolute Gasteiger partial charge is 0.390 e. The summed E-state index contributed by atoms with van der Waals surface area (Å²) in [4.78, 5) is 4.25. The monoisotopic (exact) mass is 302 g/mol. The Morgan fingerprint density at radius 1 is 1.39 bits per heavy atom. The molecule has 1 heterocycles. The molecule has 0 aliphatic heterocycles. The summed E-state index contributed by atoms with van der Waals surface area (Å²) in [6.45, 7) is -0.00817. The van der Waals surface area contributed by atoms with E-state index in [1.54, 1.807) is 24.0 Å². The molecule has 1 aromatic carbocycles. The molecule has 0 bridgehead atoms. The second-order valence-electron chi connectivity index (χ2n) is 3.77. The van der Waals surface area contributed by atoms with Crippen LogP contribution in [0.2, 0.25) is 10.0 Å². The molecule has 96 valence electrons. The number of nitrogens with zero attached hydrogens (tertiary/aromatic N) is 2. The highest BCUT2D eigenvalue weighted by Gasteiger charge is 2.08. The number of hydrogen-bond acceptors (Lipinski definition) is 3. The van der Waals surface area contributed by atoms with Gasteiger partial charge in [0, 0.05) is 22.8 Å². The summed E-state index contributed by atoms with van der Waals surface area (Å²) < 4.78 is 1.87. The minimum Gasteiger partial charge on any atom is -0.390 e. The van der Waals surface area contributed by atoms with E-state index in [0.29, 0.717) is 15.8 Å². The first kappa shape index (κ1) is 13.7. The molecule has 0 unspecified atom stereocenters. The lowest BCUT2D eigenvalue weighted by Gasteiger charge is -2.06. The minimum atomic E-state index is -0.00817. The summed E-state index contributed by atoms with van der Waals surface area (Å²) in [5, 5.41) is 11.2. The van der Waals surface area contributed by atoms with Gasteiger partial charge in [0.1, 0.15) is 0 Å². The highest BCUT2D eigenvalue weighted by atomic mass is 35.5. The van der Waals surface area contributed by atoms with Gasteiger partial charge in [-0.2, -0.15) is 0 Å². The van der Waals surface area contributed by atoms with Gasteiger partial charge < -0.3 is 9.67 Å². The lowest BCUT2D eigenvalue weighted by atomic mass is 10.2. The molecule has 1 N–H and O–H groups in total. The Labute approximate surface area is 120 Å². The van der Waals surface area contributed by atoms with Crippen LogP contribution in [0.5, 0.6) is 0 Å². The molecule has 2 rings (SSSR count). The van der Waals surface area contributed by atoms with Crippen LogP contribution in [-0.2, 0) is 19.4 Å². The van der Waals surface area contributed by atoms with Crippen molar-refractivity contribution in [2.45, 2.75) is 17.5 Å². The van der Waals surface area contributed by atoms with Crippen molar-refractivity contribution in [2.24, 2.45) is 7.05 Å². The van der Waals surface area contributed by atoms with E-state index in [-0.39, 0.29) is 6.61 Å². The van der Waals surface area contributed by atoms with Gasteiger partial charge in [-0.3, -0.25) is 0 Å². The zero-order chi connectivity index (χ0) is 13.1. The fraction of sp³-hybridized carbons (Fsp3) is 0.250. The number of benzene rings is 1. The third-order valence-corrected chi connectivity index (χ3v) is 4.26. The van der Waals surface area contributed by atoms with Gasteiger partial charge in [0.2, 0.25) is 0 Å². The third-order valence-electron chi connectivity index (χ3n) is 2.58. The van der Waals surface area contributed by atoms with Gasteiger partial charge in [0.05, 0.1) is 18.5 Å². The van der Waals surface area contributed by atoms with Gasteiger partial charge in [-0.1, -0.05) is 41.0 Å². The number of hydrogen-bond donors (Lipinski definition) is 1. The number of thioether (sulfide) groups is 1. The molecule has 0 amide bonds. The van der Waals surface area contributed by atoms with Gasteiger partial charge in [0.25, 0.3) is 0 Å². The third kappa shape index (κ3) is 3.01. The minimum absolute atomic E-state index is 0.00817. The summed E-state index contributed by atoms with van der Waals surface area (Å²) in [6, 6.07) is 5.46. The van der Waals surface area contributed by atoms with Crippen LogP contribution >= 0.6 is 35.0 Å². The van der Waals surface area contributed by atoms with Crippen molar-refractivity contribution in [3.63, 3.8) is 0 Å². The fourth-order valence-electron chi connectivity index (χ4n) is 1.49. The quantitative estimate of drug-likeness (QED) is 0.878. The van der Waals surface area contributed by atoms with Gasteiger partial charge in [-0.15, -0.1) is 0 Å². The van der Waals surface area contributed by atoms with Crippen LogP contribution in [0, 0.1) is 0 Å². The first-order valence-corrected chi connectivity index (χ1v) is 7.04. The maximum absolute atomic E-state index is 9.09. The van der Waals surface area contributed by atoms with Gasteiger partial charge in [0.15, 0.2) is 5.16 Å². The predicted molar refractivity (Wildman–Crippen MR) is 75.2 cm³/mol. The Hall–Kier alpha value is -0.680. The molecular weight excluding hydrogens is 291 g/mol. The van der Waals surface area contributed by atoms with E-state index in [1.807, 2.05) is 23.7 Å². The lowest BCUT2D eigenvalue weighted by Crippen LogP contribution is -1.97. The van der Waals surface area contributed by atoms with Crippen molar-refractivity contribution in [3.8, 4) is 0 Å². The Bertz CT molecular complexity index is 557. The maximum Gasteiger partial charge on any atom is 0.168 e. The summed E-state index contributed by atoms with van der Waals surface area (Å²) >= 11 is 13.5. The molecule has 6 heteroatoms. The molecule has 1 aromatic heterocycles. The lowest BCUT2D eigenvalue weighted by molar-refractivity contribution is 0.271. The molecule has 0 saturated carbocycles. The molecule has 3 nitrogen and oxygen atoms in total. The molecule has 0 aliphatic rings. The van der Waals surface area contributed by atoms with Crippen LogP contribution in [0.25, 0.3) is 0 Å². The van der Waals surface area contributed by atoms with Gasteiger partial charge >= 0.3 is 0 Å². The van der Waals surface area contributed by atoms with E-state index in [0.717, 1.165) is 16.4 Å². The smallest absolute Gasteiger partial charge is 0.168 e. The Morgan fingerprint density at radius 2 is 2.17 bits per heavy atom. The Balaban J connectivity index is 2.09. The van der Waals surface area contributed by atoms with Crippen molar-refractivity contribution in [1.29, 1.82) is 0 Å². The molecule has 0 spiro atoms. The highest BCUT2D eigenvalue weighted by molar-refractivity contribution is 7.98. The van der Waals surface area contributed by atoms with Crippen LogP contribution in [0.1, 0.15) is 11.3 Å². The zero-order valence-electron chi connectivity index (χ0n) is 9.73. The average Bonchev–Trinajstić information content (AvgIpc) is 2.69. The molecule has 0 aliphatic carbocycles. The highest BCUT2D eigenvalue weighted by Crippen LogP contribution is 2.28. The van der Waals surface area contributed by atoms with E-state index in [2.05, 4.69) is 4.98 Å². The van der Waals surface area contributed by atoms with E-state index < -0.39 is 0 Å². The molecule has 0 fully saturated rings. The molecule has 0 radical (unpaired) electrons. The van der Waals surface area contributed by atoms with Crippen LogP contribution in [0.15, 0.2) is 29.6 Å². The zero-order valence-corrected chi connectivity index (χ0v) is 12.1. The van der Waals surface area contributed by atoms with Crippen LogP contribution in [-0.4, -0.2) is 14.7 Å². The summed E-state index contributed by atoms with van der Waals surface area (Å²) in [5.41, 5.74) is 1.80. The van der Waals surface area contributed by atoms with E-state index in [1.165, 1.54) is 0 Å². The van der Waals surface area contributed by atoms with Crippen LogP contribution in [0.3, 0.4) is 0 Å². The van der Waals surface area contributed by atoms with Crippen molar-refractivity contribution in [2.75, 3.05) is 0 Å². The fourth-order valence-corrected chi connectivity index (χ4v) is 3.02. The predicted octanol–water partition coefficient (Wildman–Crippen LogP) is 3.51. The Kier molecular flexibility index (Phi) is 4.56. The van der Waals surface area contributed by atoms with E-state index in [9.17, 15) is 0 Å². The Morgan fingerprint density at radius 3 is 2.78 bits per heavy atom. The number of aliphatic hydroxyl groups is 1. The summed E-state index contributed by atoms with van der Waals surface area (Å²) in [7, 11) is 1.88. The maximum atomic E-state index is 9.09. The second kappa shape index (κ2) is 5.97. The molecule has 18 heavy (non-hydrogen) atoms. The number of imidazole rings is 1. The van der Waals surface area contributed by atoms with Gasteiger partial charge in [-0.05, 0) is 17.7 Å². The summed E-state index contributed by atoms with van der Waals surface area (Å²) in [5.74, 6) is 0.714. The van der Waals surface area contributed by atoms with Gasteiger partial charge in [-0.25, -0.2) is 4.98 Å². The first-order chi connectivity index (χ1) is 8.61. The summed E-state index contributed by atoms with van der Waals surface area (Å²) in [6.07, 6.45) is 1.67. The molecule has 0 atom stereocenters. The average molecular weight is 303 g/mol. The molecular formula is C12H12Cl2N2OS. The number of halogens is 2.